The molecule has 1 N–H and O–H groups in total. The molecule has 26 heavy (non-hydrogen) atoms. The Morgan fingerprint density at radius 3 is 2.50 bits per heavy atom. The highest BCUT2D eigenvalue weighted by atomic mass is 19.3. The Morgan fingerprint density at radius 1 is 1.04 bits per heavy atom. The number of alkyl halides is 2. The number of hydrogen-bond acceptors (Lipinski definition) is 5. The highest BCUT2D eigenvalue weighted by Crippen LogP contribution is 2.42. The maximum Gasteiger partial charge on any atom is 0.586 e. The quantitative estimate of drug-likeness (QED) is 0.661. The number of amides is 1. The molecule has 0 bridgehead atoms. The van der Waals surface area contributed by atoms with Gasteiger partial charge in [-0.3, -0.25) is 4.79 Å². The number of esters is 1. The first-order valence-electron chi connectivity index (χ1n) is 7.05. The van der Waals surface area contributed by atoms with Crippen LogP contribution in [0.2, 0.25) is 0 Å². The predicted molar refractivity (Wildman–Crippen MR) is 77.9 cm³/mol. The van der Waals surface area contributed by atoms with Gasteiger partial charge in [0.05, 0.1) is 5.56 Å². The second-order valence-electron chi connectivity index (χ2n) is 5.08. The molecule has 0 saturated heterocycles. The zero-order chi connectivity index (χ0) is 18.9. The second-order valence-corrected chi connectivity index (χ2v) is 5.08. The maximum absolute atomic E-state index is 13.4. The Morgan fingerprint density at radius 2 is 1.77 bits per heavy atom. The van der Waals surface area contributed by atoms with Crippen LogP contribution in [-0.2, 0) is 9.53 Å². The van der Waals surface area contributed by atoms with Crippen molar-refractivity contribution in [2.24, 2.45) is 0 Å². The number of hydrogen-bond donors (Lipinski definition) is 1. The molecule has 0 spiro atoms. The first-order chi connectivity index (χ1) is 12.2. The normalized spacial score (nSPS) is 14.0. The SMILES string of the molecule is O=C(COC(=O)c1ccc(F)cc1F)Nc1ccc2c(c1)OC(F)(F)O2. The Bertz CT molecular complexity index is 887. The van der Waals surface area contributed by atoms with Crippen LogP contribution in [0.1, 0.15) is 10.4 Å². The highest BCUT2D eigenvalue weighted by molar-refractivity contribution is 5.95. The fraction of sp³-hybridized carbons (Fsp3) is 0.125. The number of halogens is 4. The van der Waals surface area contributed by atoms with Crippen LogP contribution in [0, 0.1) is 11.6 Å². The van der Waals surface area contributed by atoms with E-state index in [-0.39, 0.29) is 17.2 Å². The molecule has 0 fully saturated rings. The van der Waals surface area contributed by atoms with Crippen LogP contribution < -0.4 is 14.8 Å². The Hall–Kier alpha value is -3.30. The minimum Gasteiger partial charge on any atom is -0.452 e. The third-order valence-corrected chi connectivity index (χ3v) is 3.17. The van der Waals surface area contributed by atoms with Gasteiger partial charge in [-0.25, -0.2) is 13.6 Å². The molecule has 0 unspecified atom stereocenters. The summed E-state index contributed by atoms with van der Waals surface area (Å²) in [5.41, 5.74) is -0.455. The molecule has 1 heterocycles. The molecule has 0 aliphatic carbocycles. The van der Waals surface area contributed by atoms with Gasteiger partial charge in [0, 0.05) is 17.8 Å². The van der Waals surface area contributed by atoms with E-state index in [0.717, 1.165) is 24.3 Å². The van der Waals surface area contributed by atoms with Crippen molar-refractivity contribution in [3.8, 4) is 11.5 Å². The van der Waals surface area contributed by atoms with Gasteiger partial charge in [0.15, 0.2) is 18.1 Å². The summed E-state index contributed by atoms with van der Waals surface area (Å²) < 4.78 is 65.1. The number of benzene rings is 2. The molecule has 1 aliphatic heterocycles. The Kier molecular flexibility index (Phi) is 4.41. The van der Waals surface area contributed by atoms with Gasteiger partial charge >= 0.3 is 12.3 Å². The molecular formula is C16H9F4NO5. The number of carbonyl (C=O) groups excluding carboxylic acids is 2. The van der Waals surface area contributed by atoms with E-state index >= 15 is 0 Å². The lowest BCUT2D eigenvalue weighted by molar-refractivity contribution is -0.286. The molecule has 2 aromatic rings. The van der Waals surface area contributed by atoms with Crippen molar-refractivity contribution < 1.29 is 41.4 Å². The lowest BCUT2D eigenvalue weighted by atomic mass is 10.2. The van der Waals surface area contributed by atoms with Crippen molar-refractivity contribution >= 4 is 17.6 Å². The predicted octanol–water partition coefficient (Wildman–Crippen LogP) is 3.08. The van der Waals surface area contributed by atoms with E-state index in [1.807, 2.05) is 0 Å². The van der Waals surface area contributed by atoms with Crippen molar-refractivity contribution in [2.75, 3.05) is 11.9 Å². The molecule has 2 aromatic carbocycles. The smallest absolute Gasteiger partial charge is 0.452 e. The third kappa shape index (κ3) is 3.85. The van der Waals surface area contributed by atoms with E-state index < -0.39 is 42.0 Å². The van der Waals surface area contributed by atoms with Gasteiger partial charge in [-0.15, -0.1) is 8.78 Å². The molecule has 0 saturated carbocycles. The van der Waals surface area contributed by atoms with Gasteiger partial charge in [0.1, 0.15) is 11.6 Å². The van der Waals surface area contributed by atoms with Crippen LogP contribution in [0.15, 0.2) is 36.4 Å². The number of anilines is 1. The molecule has 136 valence electrons. The van der Waals surface area contributed by atoms with E-state index in [9.17, 15) is 27.2 Å². The summed E-state index contributed by atoms with van der Waals surface area (Å²) in [7, 11) is 0. The summed E-state index contributed by atoms with van der Waals surface area (Å²) in [4.78, 5) is 23.4. The van der Waals surface area contributed by atoms with Gasteiger partial charge in [-0.05, 0) is 24.3 Å². The van der Waals surface area contributed by atoms with E-state index in [2.05, 4.69) is 19.5 Å². The van der Waals surface area contributed by atoms with Crippen LogP contribution in [0.3, 0.4) is 0 Å². The lowest BCUT2D eigenvalue weighted by Crippen LogP contribution is -2.25. The Balaban J connectivity index is 1.57. The maximum atomic E-state index is 13.4. The zero-order valence-electron chi connectivity index (χ0n) is 12.7. The number of fused-ring (bicyclic) bond motifs is 1. The summed E-state index contributed by atoms with van der Waals surface area (Å²) in [6.07, 6.45) is -3.79. The van der Waals surface area contributed by atoms with Crippen LogP contribution in [0.5, 0.6) is 11.5 Å². The van der Waals surface area contributed by atoms with Crippen LogP contribution in [-0.4, -0.2) is 24.8 Å². The van der Waals surface area contributed by atoms with Crippen LogP contribution in [0.4, 0.5) is 23.2 Å². The fourth-order valence-corrected chi connectivity index (χ4v) is 2.09. The van der Waals surface area contributed by atoms with E-state index in [1.165, 1.54) is 6.07 Å². The van der Waals surface area contributed by atoms with E-state index in [1.54, 1.807) is 0 Å². The minimum absolute atomic E-state index is 0.0825. The van der Waals surface area contributed by atoms with Gasteiger partial charge in [-0.2, -0.15) is 0 Å². The minimum atomic E-state index is -3.79. The lowest BCUT2D eigenvalue weighted by Gasteiger charge is -2.07. The molecule has 0 atom stereocenters. The summed E-state index contributed by atoms with van der Waals surface area (Å²) in [5, 5.41) is 2.28. The first-order valence-corrected chi connectivity index (χ1v) is 7.05. The van der Waals surface area contributed by atoms with Gasteiger partial charge in [-0.1, -0.05) is 0 Å². The van der Waals surface area contributed by atoms with Crippen molar-refractivity contribution in [1.82, 2.24) is 0 Å². The molecular weight excluding hydrogens is 362 g/mol. The number of rotatable bonds is 4. The zero-order valence-corrected chi connectivity index (χ0v) is 12.7. The average Bonchev–Trinajstić information content (AvgIpc) is 2.85. The standard InChI is InChI=1S/C16H9F4NO5/c17-8-1-3-10(11(18)5-8)15(23)24-7-14(22)21-9-2-4-12-13(6-9)26-16(19,20)25-12/h1-6H,7H2,(H,21,22). The van der Waals surface area contributed by atoms with Gasteiger partial charge < -0.3 is 19.5 Å². The summed E-state index contributed by atoms with van der Waals surface area (Å²) in [5.74, 6) is -4.46. The summed E-state index contributed by atoms with van der Waals surface area (Å²) in [6.45, 7) is -0.778. The summed E-state index contributed by atoms with van der Waals surface area (Å²) >= 11 is 0. The van der Waals surface area contributed by atoms with E-state index in [0.29, 0.717) is 6.07 Å². The third-order valence-electron chi connectivity index (χ3n) is 3.17. The highest BCUT2D eigenvalue weighted by Gasteiger charge is 2.43. The molecule has 1 amide bonds. The molecule has 1 aliphatic rings. The molecule has 10 heteroatoms. The average molecular weight is 371 g/mol. The van der Waals surface area contributed by atoms with Gasteiger partial charge in [0.2, 0.25) is 0 Å². The molecule has 6 nitrogen and oxygen atoms in total. The van der Waals surface area contributed by atoms with E-state index in [4.69, 9.17) is 0 Å². The number of ether oxygens (including phenoxy) is 3. The number of nitrogens with one attached hydrogen (secondary N) is 1. The van der Waals surface area contributed by atoms with Gasteiger partial charge in [0.25, 0.3) is 5.91 Å². The molecule has 0 radical (unpaired) electrons. The second kappa shape index (κ2) is 6.54. The largest absolute Gasteiger partial charge is 0.586 e. The van der Waals surface area contributed by atoms with Crippen LogP contribution >= 0.6 is 0 Å². The van der Waals surface area contributed by atoms with Crippen molar-refractivity contribution in [3.05, 3.63) is 53.6 Å². The first kappa shape index (κ1) is 17.5. The topological polar surface area (TPSA) is 73.9 Å². The fourth-order valence-electron chi connectivity index (χ4n) is 2.09. The van der Waals surface area contributed by atoms with Crippen molar-refractivity contribution in [1.29, 1.82) is 0 Å². The summed E-state index contributed by atoms with van der Waals surface area (Å²) in [6, 6.07) is 5.76. The van der Waals surface area contributed by atoms with Crippen molar-refractivity contribution in [3.63, 3.8) is 0 Å². The number of carbonyl (C=O) groups is 2. The van der Waals surface area contributed by atoms with Crippen LogP contribution in [0.25, 0.3) is 0 Å². The molecule has 3 rings (SSSR count). The monoisotopic (exact) mass is 371 g/mol. The molecule has 0 aromatic heterocycles. The van der Waals surface area contributed by atoms with Crippen molar-refractivity contribution in [2.45, 2.75) is 6.29 Å². The Labute approximate surface area is 143 Å².